The largest absolute Gasteiger partial charge is 0.261 e. The first-order valence-corrected chi connectivity index (χ1v) is 5.48. The Kier molecular flexibility index (Phi) is 2.81. The van der Waals surface area contributed by atoms with E-state index in [0.29, 0.717) is 5.92 Å². The lowest BCUT2D eigenvalue weighted by Crippen LogP contribution is -1.97. The minimum atomic E-state index is 0.339. The summed E-state index contributed by atoms with van der Waals surface area (Å²) in [6, 6.07) is 1.95. The molecule has 2 aromatic rings. The maximum atomic E-state index is 4.37. The van der Waals surface area contributed by atoms with Crippen LogP contribution in [0, 0.1) is 0 Å². The Hall–Kier alpha value is -1.23. The average Bonchev–Trinajstić information content (AvgIpc) is 2.66. The van der Waals surface area contributed by atoms with Gasteiger partial charge in [-0.15, -0.1) is 0 Å². The lowest BCUT2D eigenvalue weighted by molar-refractivity contribution is 0.752. The highest BCUT2D eigenvalue weighted by Gasteiger charge is 2.06. The Labute approximate surface area is 96.5 Å². The van der Waals surface area contributed by atoms with Gasteiger partial charge in [-0.05, 0) is 22.0 Å². The number of hydrogen-bond acceptors (Lipinski definition) is 3. The number of hydrogen-bond donors (Lipinski definition) is 0. The van der Waals surface area contributed by atoms with E-state index in [1.807, 2.05) is 6.07 Å². The van der Waals surface area contributed by atoms with E-state index in [4.69, 9.17) is 0 Å². The summed E-state index contributed by atoms with van der Waals surface area (Å²) in [4.78, 5) is 8.31. The van der Waals surface area contributed by atoms with Gasteiger partial charge in [-0.3, -0.25) is 4.98 Å². The third kappa shape index (κ3) is 2.23. The molecule has 0 radical (unpaired) electrons. The smallest absolute Gasteiger partial charge is 0.153 e. The van der Waals surface area contributed by atoms with E-state index in [0.717, 1.165) is 16.0 Å². The molecule has 0 saturated carbocycles. The molecule has 0 aliphatic carbocycles. The highest BCUT2D eigenvalue weighted by atomic mass is 79.9. The van der Waals surface area contributed by atoms with E-state index in [1.165, 1.54) is 0 Å². The number of aromatic nitrogens is 4. The van der Waals surface area contributed by atoms with Crippen LogP contribution in [0.1, 0.15) is 25.6 Å². The molecule has 0 fully saturated rings. The molecule has 2 heterocycles. The molecule has 0 aromatic carbocycles. The van der Waals surface area contributed by atoms with Crippen molar-refractivity contribution in [2.24, 2.45) is 0 Å². The quantitative estimate of drug-likeness (QED) is 0.839. The van der Waals surface area contributed by atoms with Gasteiger partial charge in [0.2, 0.25) is 0 Å². The molecule has 5 heteroatoms. The minimum absolute atomic E-state index is 0.339. The van der Waals surface area contributed by atoms with Gasteiger partial charge in [0, 0.05) is 16.6 Å². The summed E-state index contributed by atoms with van der Waals surface area (Å²) in [5.41, 5.74) is 0.906. The maximum Gasteiger partial charge on any atom is 0.153 e. The second-order valence-electron chi connectivity index (χ2n) is 3.56. The van der Waals surface area contributed by atoms with Crippen molar-refractivity contribution in [1.82, 2.24) is 19.7 Å². The van der Waals surface area contributed by atoms with Crippen LogP contribution in [0.3, 0.4) is 0 Å². The molecule has 0 amide bonds. The molecule has 0 saturated heterocycles. The molecule has 0 unspecified atom stereocenters. The number of pyridine rings is 1. The standard InChI is InChI=1S/C10H11BrN4/c1-7(2)10-13-6-15(14-10)9-3-8(11)4-12-5-9/h3-7H,1-2H3. The highest BCUT2D eigenvalue weighted by Crippen LogP contribution is 2.14. The molecule has 0 aliphatic rings. The maximum absolute atomic E-state index is 4.37. The summed E-state index contributed by atoms with van der Waals surface area (Å²) in [6.07, 6.45) is 5.20. The van der Waals surface area contributed by atoms with Crippen LogP contribution in [0.4, 0.5) is 0 Å². The van der Waals surface area contributed by atoms with Crippen molar-refractivity contribution < 1.29 is 0 Å². The van der Waals surface area contributed by atoms with Crippen molar-refractivity contribution in [1.29, 1.82) is 0 Å². The minimum Gasteiger partial charge on any atom is -0.261 e. The van der Waals surface area contributed by atoms with E-state index < -0.39 is 0 Å². The lowest BCUT2D eigenvalue weighted by Gasteiger charge is -2.00. The van der Waals surface area contributed by atoms with Crippen molar-refractivity contribution >= 4 is 15.9 Å². The molecule has 0 atom stereocenters. The van der Waals surface area contributed by atoms with Gasteiger partial charge in [0.25, 0.3) is 0 Å². The van der Waals surface area contributed by atoms with Gasteiger partial charge in [-0.25, -0.2) is 9.67 Å². The Balaban J connectivity index is 2.37. The molecule has 4 nitrogen and oxygen atoms in total. The van der Waals surface area contributed by atoms with Crippen LogP contribution in [-0.2, 0) is 0 Å². The molecular weight excluding hydrogens is 256 g/mol. The van der Waals surface area contributed by atoms with Crippen LogP contribution in [0.25, 0.3) is 5.69 Å². The molecule has 0 spiro atoms. The normalized spacial score (nSPS) is 10.9. The topological polar surface area (TPSA) is 43.6 Å². The second-order valence-corrected chi connectivity index (χ2v) is 4.48. The third-order valence-corrected chi connectivity index (χ3v) is 2.41. The van der Waals surface area contributed by atoms with Crippen molar-refractivity contribution in [3.8, 4) is 5.69 Å². The van der Waals surface area contributed by atoms with E-state index in [-0.39, 0.29) is 0 Å². The molecule has 2 aromatic heterocycles. The first-order chi connectivity index (χ1) is 7.16. The Morgan fingerprint density at radius 2 is 2.13 bits per heavy atom. The fraction of sp³-hybridized carbons (Fsp3) is 0.300. The van der Waals surface area contributed by atoms with Gasteiger partial charge in [0.15, 0.2) is 5.82 Å². The Bertz CT molecular complexity index is 464. The lowest BCUT2D eigenvalue weighted by atomic mass is 10.2. The zero-order valence-corrected chi connectivity index (χ0v) is 10.1. The monoisotopic (exact) mass is 266 g/mol. The molecule has 15 heavy (non-hydrogen) atoms. The summed E-state index contributed by atoms with van der Waals surface area (Å²) in [7, 11) is 0. The third-order valence-electron chi connectivity index (χ3n) is 1.98. The van der Waals surface area contributed by atoms with Crippen LogP contribution in [0.2, 0.25) is 0 Å². The Morgan fingerprint density at radius 3 is 2.73 bits per heavy atom. The van der Waals surface area contributed by atoms with Gasteiger partial charge >= 0.3 is 0 Å². The molecule has 0 aliphatic heterocycles. The van der Waals surface area contributed by atoms with Gasteiger partial charge < -0.3 is 0 Å². The number of nitrogens with zero attached hydrogens (tertiary/aromatic N) is 4. The van der Waals surface area contributed by atoms with E-state index in [9.17, 15) is 0 Å². The Morgan fingerprint density at radius 1 is 1.33 bits per heavy atom. The van der Waals surface area contributed by atoms with Gasteiger partial charge in [0.1, 0.15) is 6.33 Å². The first-order valence-electron chi connectivity index (χ1n) is 4.69. The predicted molar refractivity (Wildman–Crippen MR) is 60.9 cm³/mol. The van der Waals surface area contributed by atoms with Crippen molar-refractivity contribution in [2.45, 2.75) is 19.8 Å². The zero-order chi connectivity index (χ0) is 10.8. The summed E-state index contributed by atoms with van der Waals surface area (Å²) in [5, 5.41) is 4.37. The van der Waals surface area contributed by atoms with Crippen LogP contribution in [0.5, 0.6) is 0 Å². The second kappa shape index (κ2) is 4.10. The van der Waals surface area contributed by atoms with Crippen LogP contribution >= 0.6 is 15.9 Å². The fourth-order valence-electron chi connectivity index (χ4n) is 1.19. The summed E-state index contributed by atoms with van der Waals surface area (Å²) >= 11 is 3.37. The SMILES string of the molecule is CC(C)c1ncn(-c2cncc(Br)c2)n1. The summed E-state index contributed by atoms with van der Waals surface area (Å²) in [6.45, 7) is 4.14. The fourth-order valence-corrected chi connectivity index (χ4v) is 1.54. The molecule has 2 rings (SSSR count). The van der Waals surface area contributed by atoms with Crippen LogP contribution < -0.4 is 0 Å². The van der Waals surface area contributed by atoms with Gasteiger partial charge in [-0.1, -0.05) is 13.8 Å². The van der Waals surface area contributed by atoms with E-state index >= 15 is 0 Å². The van der Waals surface area contributed by atoms with Gasteiger partial charge in [-0.2, -0.15) is 5.10 Å². The number of halogens is 1. The van der Waals surface area contributed by atoms with E-state index in [1.54, 1.807) is 23.4 Å². The molecular formula is C10H11BrN4. The average molecular weight is 267 g/mol. The zero-order valence-electron chi connectivity index (χ0n) is 8.55. The molecule has 78 valence electrons. The predicted octanol–water partition coefficient (Wildman–Crippen LogP) is 2.55. The summed E-state index contributed by atoms with van der Waals surface area (Å²) in [5.74, 6) is 1.18. The highest BCUT2D eigenvalue weighted by molar-refractivity contribution is 9.10. The first kappa shape index (κ1) is 10.3. The van der Waals surface area contributed by atoms with Gasteiger partial charge in [0.05, 0.1) is 11.9 Å². The van der Waals surface area contributed by atoms with Crippen molar-refractivity contribution in [3.63, 3.8) is 0 Å². The molecule has 0 bridgehead atoms. The van der Waals surface area contributed by atoms with E-state index in [2.05, 4.69) is 44.8 Å². The van der Waals surface area contributed by atoms with Crippen molar-refractivity contribution in [2.75, 3.05) is 0 Å². The summed E-state index contributed by atoms with van der Waals surface area (Å²) < 4.78 is 2.66. The molecule has 0 N–H and O–H groups in total. The van der Waals surface area contributed by atoms with Crippen LogP contribution in [-0.4, -0.2) is 19.7 Å². The number of rotatable bonds is 2. The van der Waals surface area contributed by atoms with Crippen molar-refractivity contribution in [3.05, 3.63) is 35.1 Å². The van der Waals surface area contributed by atoms with Crippen LogP contribution in [0.15, 0.2) is 29.3 Å².